The molecule has 1 aromatic rings. The minimum absolute atomic E-state index is 0.288. The molecule has 0 fully saturated rings. The van der Waals surface area contributed by atoms with Crippen LogP contribution in [0.4, 0.5) is 5.69 Å². The summed E-state index contributed by atoms with van der Waals surface area (Å²) in [6.07, 6.45) is -0.606. The minimum Gasteiger partial charge on any atom is -0.494 e. The van der Waals surface area contributed by atoms with Crippen molar-refractivity contribution in [2.24, 2.45) is 0 Å². The van der Waals surface area contributed by atoms with Crippen molar-refractivity contribution in [3.05, 3.63) is 22.2 Å². The highest BCUT2D eigenvalue weighted by molar-refractivity contribution is 6.37. The molecule has 0 saturated heterocycles. The molecule has 0 spiro atoms. The molecule has 0 aliphatic heterocycles. The van der Waals surface area contributed by atoms with Gasteiger partial charge in [-0.05, 0) is 26.0 Å². The maximum atomic E-state index is 12.0. The van der Waals surface area contributed by atoms with Crippen molar-refractivity contribution in [3.63, 3.8) is 0 Å². The SMILES string of the molecule is CCOCCO[C@@H](C)C(=O)Nc1cc(Cl)c(OC)c(Cl)c1. The number of nitrogens with one attached hydrogen (secondary N) is 1. The van der Waals surface area contributed by atoms with Crippen LogP contribution in [-0.2, 0) is 14.3 Å². The number of methoxy groups -OCH3 is 1. The molecular weight excluding hydrogens is 317 g/mol. The fraction of sp³-hybridized carbons (Fsp3) is 0.500. The van der Waals surface area contributed by atoms with E-state index >= 15 is 0 Å². The first-order valence-corrected chi connectivity index (χ1v) is 7.28. The largest absolute Gasteiger partial charge is 0.494 e. The number of hydrogen-bond acceptors (Lipinski definition) is 4. The molecule has 0 aliphatic carbocycles. The number of carbonyl (C=O) groups excluding carboxylic acids is 1. The molecule has 118 valence electrons. The predicted octanol–water partition coefficient (Wildman–Crippen LogP) is 3.38. The van der Waals surface area contributed by atoms with Crippen molar-refractivity contribution >= 4 is 34.8 Å². The summed E-state index contributed by atoms with van der Waals surface area (Å²) in [6, 6.07) is 3.13. The van der Waals surface area contributed by atoms with Gasteiger partial charge in [0, 0.05) is 12.3 Å². The normalized spacial score (nSPS) is 12.0. The van der Waals surface area contributed by atoms with Gasteiger partial charge in [0.1, 0.15) is 6.10 Å². The van der Waals surface area contributed by atoms with E-state index in [0.717, 1.165) is 0 Å². The lowest BCUT2D eigenvalue weighted by Gasteiger charge is -2.14. The Morgan fingerprint density at radius 1 is 1.29 bits per heavy atom. The van der Waals surface area contributed by atoms with Crippen LogP contribution in [0, 0.1) is 0 Å². The van der Waals surface area contributed by atoms with E-state index in [0.29, 0.717) is 41.3 Å². The molecule has 0 radical (unpaired) electrons. The van der Waals surface area contributed by atoms with Gasteiger partial charge in [0.25, 0.3) is 5.91 Å². The van der Waals surface area contributed by atoms with Gasteiger partial charge in [0.2, 0.25) is 0 Å². The molecule has 0 bridgehead atoms. The van der Waals surface area contributed by atoms with E-state index in [4.69, 9.17) is 37.4 Å². The summed E-state index contributed by atoms with van der Waals surface area (Å²) in [5.74, 6) is 0.0844. The van der Waals surface area contributed by atoms with E-state index in [1.54, 1.807) is 19.1 Å². The number of anilines is 1. The Hall–Kier alpha value is -1.01. The molecule has 21 heavy (non-hydrogen) atoms. The summed E-state index contributed by atoms with van der Waals surface area (Å²) in [4.78, 5) is 12.0. The Morgan fingerprint density at radius 2 is 1.90 bits per heavy atom. The highest BCUT2D eigenvalue weighted by Gasteiger charge is 2.15. The second-order valence-corrected chi connectivity index (χ2v) is 4.99. The Labute approximate surface area is 134 Å². The summed E-state index contributed by atoms with van der Waals surface area (Å²) in [7, 11) is 1.47. The third-order valence-corrected chi connectivity index (χ3v) is 3.20. The fourth-order valence-electron chi connectivity index (χ4n) is 1.57. The Bertz CT molecular complexity index is 459. The van der Waals surface area contributed by atoms with E-state index in [1.165, 1.54) is 7.11 Å². The summed E-state index contributed by atoms with van der Waals surface area (Å²) >= 11 is 12.0. The zero-order valence-corrected chi connectivity index (χ0v) is 13.8. The maximum absolute atomic E-state index is 12.0. The standard InChI is InChI=1S/C14H19Cl2NO4/c1-4-20-5-6-21-9(2)14(18)17-10-7-11(15)13(19-3)12(16)8-10/h7-9H,4-6H2,1-3H3,(H,17,18)/t9-/m0/s1. The van der Waals surface area contributed by atoms with Crippen molar-refractivity contribution in [1.29, 1.82) is 0 Å². The predicted molar refractivity (Wildman–Crippen MR) is 83.6 cm³/mol. The highest BCUT2D eigenvalue weighted by atomic mass is 35.5. The van der Waals surface area contributed by atoms with Crippen molar-refractivity contribution in [2.75, 3.05) is 32.2 Å². The smallest absolute Gasteiger partial charge is 0.253 e. The number of rotatable bonds is 8. The quantitative estimate of drug-likeness (QED) is 0.740. The molecule has 1 atom stereocenters. The fourth-order valence-corrected chi connectivity index (χ4v) is 2.22. The van der Waals surface area contributed by atoms with Gasteiger partial charge in [-0.15, -0.1) is 0 Å². The van der Waals surface area contributed by atoms with Crippen molar-refractivity contribution in [3.8, 4) is 5.75 Å². The van der Waals surface area contributed by atoms with Gasteiger partial charge in [-0.2, -0.15) is 0 Å². The van der Waals surface area contributed by atoms with E-state index in [1.807, 2.05) is 6.92 Å². The van der Waals surface area contributed by atoms with Crippen molar-refractivity contribution in [1.82, 2.24) is 0 Å². The van der Waals surface area contributed by atoms with Crippen LogP contribution >= 0.6 is 23.2 Å². The molecule has 1 rings (SSSR count). The topological polar surface area (TPSA) is 56.8 Å². The molecule has 1 amide bonds. The maximum Gasteiger partial charge on any atom is 0.253 e. The molecule has 7 heteroatoms. The Kier molecular flexibility index (Phi) is 7.82. The third kappa shape index (κ3) is 5.71. The number of halogens is 2. The lowest BCUT2D eigenvalue weighted by molar-refractivity contribution is -0.127. The Morgan fingerprint density at radius 3 is 2.43 bits per heavy atom. The molecule has 0 aromatic heterocycles. The minimum atomic E-state index is -0.606. The number of benzene rings is 1. The van der Waals surface area contributed by atoms with E-state index in [-0.39, 0.29) is 5.91 Å². The average Bonchev–Trinajstić information content (AvgIpc) is 2.43. The summed E-state index contributed by atoms with van der Waals surface area (Å²) in [5, 5.41) is 3.33. The molecule has 1 N–H and O–H groups in total. The second-order valence-electron chi connectivity index (χ2n) is 4.17. The van der Waals surface area contributed by atoms with Crippen LogP contribution in [0.3, 0.4) is 0 Å². The Balaban J connectivity index is 2.58. The number of carbonyl (C=O) groups is 1. The van der Waals surface area contributed by atoms with E-state index in [2.05, 4.69) is 5.32 Å². The van der Waals surface area contributed by atoms with Crippen LogP contribution in [0.1, 0.15) is 13.8 Å². The second kappa shape index (κ2) is 9.10. The number of ether oxygens (including phenoxy) is 3. The summed E-state index contributed by atoms with van der Waals surface area (Å²) in [6.45, 7) is 4.98. The van der Waals surface area contributed by atoms with Crippen LogP contribution in [0.15, 0.2) is 12.1 Å². The van der Waals surface area contributed by atoms with Gasteiger partial charge in [-0.25, -0.2) is 0 Å². The van der Waals surface area contributed by atoms with Crippen molar-refractivity contribution < 1.29 is 19.0 Å². The van der Waals surface area contributed by atoms with Gasteiger partial charge >= 0.3 is 0 Å². The van der Waals surface area contributed by atoms with Crippen LogP contribution in [-0.4, -0.2) is 38.9 Å². The molecule has 0 aliphatic rings. The monoisotopic (exact) mass is 335 g/mol. The lowest BCUT2D eigenvalue weighted by atomic mass is 10.2. The molecular formula is C14H19Cl2NO4. The van der Waals surface area contributed by atoms with Gasteiger partial charge in [-0.1, -0.05) is 23.2 Å². The molecule has 0 unspecified atom stereocenters. The molecule has 0 saturated carbocycles. The molecule has 1 aromatic carbocycles. The van der Waals surface area contributed by atoms with Crippen LogP contribution in [0.25, 0.3) is 0 Å². The van der Waals surface area contributed by atoms with E-state index < -0.39 is 6.10 Å². The van der Waals surface area contributed by atoms with Crippen LogP contribution in [0.5, 0.6) is 5.75 Å². The van der Waals surface area contributed by atoms with Crippen LogP contribution in [0.2, 0.25) is 10.0 Å². The highest BCUT2D eigenvalue weighted by Crippen LogP contribution is 2.35. The zero-order valence-electron chi connectivity index (χ0n) is 12.2. The zero-order chi connectivity index (χ0) is 15.8. The first-order valence-electron chi connectivity index (χ1n) is 6.52. The first kappa shape index (κ1) is 18.0. The lowest BCUT2D eigenvalue weighted by Crippen LogP contribution is -2.28. The van der Waals surface area contributed by atoms with Gasteiger partial charge in [-0.3, -0.25) is 4.79 Å². The number of amides is 1. The van der Waals surface area contributed by atoms with Crippen molar-refractivity contribution in [2.45, 2.75) is 20.0 Å². The van der Waals surface area contributed by atoms with Gasteiger partial charge in [0.05, 0.1) is 30.4 Å². The van der Waals surface area contributed by atoms with Gasteiger partial charge in [0.15, 0.2) is 5.75 Å². The first-order chi connectivity index (χ1) is 9.99. The number of hydrogen-bond donors (Lipinski definition) is 1. The summed E-state index contributed by atoms with van der Waals surface area (Å²) in [5.41, 5.74) is 0.482. The van der Waals surface area contributed by atoms with Crippen LogP contribution < -0.4 is 10.1 Å². The van der Waals surface area contributed by atoms with E-state index in [9.17, 15) is 4.79 Å². The third-order valence-electron chi connectivity index (χ3n) is 2.64. The average molecular weight is 336 g/mol. The van der Waals surface area contributed by atoms with Gasteiger partial charge < -0.3 is 19.5 Å². The molecule has 0 heterocycles. The summed E-state index contributed by atoms with van der Waals surface area (Å²) < 4.78 is 15.5. The molecule has 5 nitrogen and oxygen atoms in total.